The first kappa shape index (κ1) is 26.6. The van der Waals surface area contributed by atoms with Crippen molar-refractivity contribution in [3.63, 3.8) is 0 Å². The Bertz CT molecular complexity index is 1330. The number of ketones is 1. The summed E-state index contributed by atoms with van der Waals surface area (Å²) in [6.45, 7) is 10.5. The van der Waals surface area contributed by atoms with Crippen LogP contribution in [0.3, 0.4) is 0 Å². The third-order valence-corrected chi connectivity index (χ3v) is 7.00. The smallest absolute Gasteiger partial charge is 0.197 e. The first-order valence-electron chi connectivity index (χ1n) is 12.2. The normalized spacial score (nSPS) is 13.1. The van der Waals surface area contributed by atoms with Crippen LogP contribution >= 0.6 is 11.3 Å². The van der Waals surface area contributed by atoms with Crippen molar-refractivity contribution in [2.75, 3.05) is 26.9 Å². The van der Waals surface area contributed by atoms with Crippen molar-refractivity contribution in [3.8, 4) is 27.8 Å². The molecule has 7 nitrogen and oxygen atoms in total. The number of thiazole rings is 1. The number of nitrogens with zero attached hydrogens (tertiary/aromatic N) is 2. The number of aromatic nitrogens is 1. The molecule has 9 heteroatoms. The fourth-order valence-electron chi connectivity index (χ4n) is 4.51. The fourth-order valence-corrected chi connectivity index (χ4v) is 5.16. The maximum absolute atomic E-state index is 15.4. The van der Waals surface area contributed by atoms with E-state index in [9.17, 15) is 4.79 Å². The number of hydrogen-bond acceptors (Lipinski definition) is 7. The van der Waals surface area contributed by atoms with E-state index in [1.165, 1.54) is 11.3 Å². The van der Waals surface area contributed by atoms with E-state index in [2.05, 4.69) is 25.8 Å². The minimum Gasteiger partial charge on any atom is -0.496 e. The second-order valence-electron chi connectivity index (χ2n) is 9.74. The Morgan fingerprint density at radius 1 is 1.16 bits per heavy atom. The highest BCUT2D eigenvalue weighted by Gasteiger charge is 2.34. The average Bonchev–Trinajstić information content (AvgIpc) is 3.49. The molecule has 4 rings (SSSR count). The number of amidine groups is 1. The molecule has 0 fully saturated rings. The number of halogens is 1. The van der Waals surface area contributed by atoms with Gasteiger partial charge in [-0.15, -0.1) is 11.3 Å². The van der Waals surface area contributed by atoms with Gasteiger partial charge in [-0.25, -0.2) is 9.37 Å². The van der Waals surface area contributed by atoms with Crippen molar-refractivity contribution < 1.29 is 23.4 Å². The largest absolute Gasteiger partial charge is 0.496 e. The second-order valence-corrected chi connectivity index (χ2v) is 10.6. The zero-order valence-electron chi connectivity index (χ0n) is 22.0. The fraction of sp³-hybridized carbons (Fsp3) is 0.393. The van der Waals surface area contributed by atoms with Crippen LogP contribution in [0.2, 0.25) is 0 Å². The maximum Gasteiger partial charge on any atom is 0.197 e. The number of methoxy groups -OCH3 is 1. The van der Waals surface area contributed by atoms with Gasteiger partial charge in [-0.3, -0.25) is 10.2 Å². The third-order valence-electron chi connectivity index (χ3n) is 6.19. The van der Waals surface area contributed by atoms with Crippen LogP contribution in [-0.4, -0.2) is 48.4 Å². The Labute approximate surface area is 220 Å². The summed E-state index contributed by atoms with van der Waals surface area (Å²) in [6.07, 6.45) is 1.72. The summed E-state index contributed by atoms with van der Waals surface area (Å²) < 4.78 is 32.3. The summed E-state index contributed by atoms with van der Waals surface area (Å²) in [6, 6.07) is 5.35. The first-order chi connectivity index (χ1) is 17.6. The molecule has 2 aromatic carbocycles. The van der Waals surface area contributed by atoms with Gasteiger partial charge in [0.2, 0.25) is 0 Å². The number of ether oxygens (including phenoxy) is 3. The molecule has 0 bridgehead atoms. The molecule has 0 amide bonds. The number of fused-ring (bicyclic) bond motifs is 1. The van der Waals surface area contributed by atoms with Gasteiger partial charge in [-0.05, 0) is 43.0 Å². The van der Waals surface area contributed by atoms with E-state index in [1.54, 1.807) is 37.3 Å². The average molecular weight is 526 g/mol. The van der Waals surface area contributed by atoms with Crippen molar-refractivity contribution >= 4 is 23.0 Å². The summed E-state index contributed by atoms with van der Waals surface area (Å²) in [7, 11) is 1.62. The van der Waals surface area contributed by atoms with Crippen LogP contribution in [0.15, 0.2) is 29.8 Å². The molecule has 0 aliphatic carbocycles. The van der Waals surface area contributed by atoms with Crippen molar-refractivity contribution in [2.24, 2.45) is 0 Å². The lowest BCUT2D eigenvalue weighted by Gasteiger charge is -2.25. The Balaban J connectivity index is 1.69. The van der Waals surface area contributed by atoms with E-state index in [0.29, 0.717) is 29.2 Å². The third kappa shape index (κ3) is 5.05. The van der Waals surface area contributed by atoms with Gasteiger partial charge in [-0.1, -0.05) is 20.8 Å². The molecule has 1 aliphatic heterocycles. The second kappa shape index (κ2) is 10.5. The predicted octanol–water partition coefficient (Wildman–Crippen LogP) is 6.08. The summed E-state index contributed by atoms with van der Waals surface area (Å²) in [5.41, 5.74) is 2.58. The van der Waals surface area contributed by atoms with Crippen molar-refractivity contribution in [3.05, 3.63) is 57.8 Å². The van der Waals surface area contributed by atoms with Gasteiger partial charge in [0.15, 0.2) is 23.1 Å². The van der Waals surface area contributed by atoms with Crippen LogP contribution < -0.4 is 14.2 Å². The Kier molecular flexibility index (Phi) is 7.54. The molecular formula is C28H32FN3O4S. The molecule has 0 saturated heterocycles. The number of rotatable bonds is 9. The van der Waals surface area contributed by atoms with Crippen LogP contribution in [-0.2, 0) is 12.0 Å². The van der Waals surface area contributed by atoms with Crippen LogP contribution in [0.5, 0.6) is 17.2 Å². The molecule has 0 radical (unpaired) electrons. The van der Waals surface area contributed by atoms with Crippen molar-refractivity contribution in [2.45, 2.75) is 46.6 Å². The summed E-state index contributed by atoms with van der Waals surface area (Å²) in [4.78, 5) is 19.6. The molecule has 0 saturated carbocycles. The number of Topliss-reactive ketones (excluding diaryl/α,β-unsaturated/α-hetero) is 1. The monoisotopic (exact) mass is 525 g/mol. The highest BCUT2D eigenvalue weighted by molar-refractivity contribution is 7.13. The first-order valence-corrected chi connectivity index (χ1v) is 13.1. The number of carbonyl (C=O) groups is 1. The molecule has 37 heavy (non-hydrogen) atoms. The number of hydrogen-bond donors (Lipinski definition) is 1. The lowest BCUT2D eigenvalue weighted by molar-refractivity contribution is 0.0962. The van der Waals surface area contributed by atoms with E-state index < -0.39 is 5.82 Å². The summed E-state index contributed by atoms with van der Waals surface area (Å²) in [5.74, 6) is 0.134. The van der Waals surface area contributed by atoms with Gasteiger partial charge < -0.3 is 19.1 Å². The van der Waals surface area contributed by atoms with Crippen LogP contribution in [0.1, 0.15) is 61.7 Å². The predicted molar refractivity (Wildman–Crippen MR) is 143 cm³/mol. The molecule has 0 unspecified atom stereocenters. The maximum atomic E-state index is 15.4. The molecule has 2 heterocycles. The Morgan fingerprint density at radius 2 is 1.89 bits per heavy atom. The summed E-state index contributed by atoms with van der Waals surface area (Å²) in [5, 5.41) is 11.3. The summed E-state index contributed by atoms with van der Waals surface area (Å²) >= 11 is 1.47. The molecule has 3 aromatic rings. The number of benzene rings is 2. The number of nitrogens with one attached hydrogen (secondary N) is 1. The van der Waals surface area contributed by atoms with Gasteiger partial charge in [0.1, 0.15) is 16.6 Å². The SMILES string of the molecule is CCOc1cc2c(c(F)c1OCC)C(=N)N(CC(=O)c1cc(-c3nccs3)c(OC)c(C(C)(C)C)c1)C2. The number of carbonyl (C=O) groups excluding carboxylic acids is 1. The quantitative estimate of drug-likeness (QED) is 0.341. The Hall–Kier alpha value is -3.46. The molecular weight excluding hydrogens is 493 g/mol. The standard InChI is InChI=1S/C28H32FN3O4S/c1-7-35-21-13-17-14-32(26(30)22(17)23(29)25(21)36-8-2)15-20(33)16-11-18(27-31-9-10-37-27)24(34-6)19(12-16)28(3,4)5/h9-13,30H,7-8,14-15H2,1-6H3. The van der Waals surface area contributed by atoms with E-state index in [-0.39, 0.29) is 48.0 Å². The lowest BCUT2D eigenvalue weighted by Crippen LogP contribution is -2.30. The molecule has 1 aliphatic rings. The highest BCUT2D eigenvalue weighted by Crippen LogP contribution is 2.42. The lowest BCUT2D eigenvalue weighted by atomic mass is 9.83. The van der Waals surface area contributed by atoms with E-state index >= 15 is 4.39 Å². The molecule has 0 spiro atoms. The van der Waals surface area contributed by atoms with Gasteiger partial charge >= 0.3 is 0 Å². The zero-order valence-corrected chi connectivity index (χ0v) is 22.8. The van der Waals surface area contributed by atoms with Crippen LogP contribution in [0.25, 0.3) is 10.6 Å². The molecule has 0 atom stereocenters. The Morgan fingerprint density at radius 3 is 2.49 bits per heavy atom. The molecule has 1 N–H and O–H groups in total. The van der Waals surface area contributed by atoms with Crippen LogP contribution in [0.4, 0.5) is 4.39 Å². The topological polar surface area (TPSA) is 84.7 Å². The minimum absolute atomic E-state index is 0.000843. The van der Waals surface area contributed by atoms with Gasteiger partial charge in [0, 0.05) is 29.2 Å². The zero-order chi connectivity index (χ0) is 26.9. The molecule has 196 valence electrons. The van der Waals surface area contributed by atoms with Crippen LogP contribution in [0, 0.1) is 11.2 Å². The van der Waals surface area contributed by atoms with Gasteiger partial charge in [-0.2, -0.15) is 0 Å². The van der Waals surface area contributed by atoms with Crippen molar-refractivity contribution in [1.29, 1.82) is 5.41 Å². The van der Waals surface area contributed by atoms with E-state index in [1.807, 2.05) is 18.4 Å². The van der Waals surface area contributed by atoms with Crippen molar-refractivity contribution in [1.82, 2.24) is 9.88 Å². The van der Waals surface area contributed by atoms with Gasteiger partial charge in [0.05, 0.1) is 38.0 Å². The van der Waals surface area contributed by atoms with E-state index in [0.717, 1.165) is 16.1 Å². The van der Waals surface area contributed by atoms with E-state index in [4.69, 9.17) is 19.6 Å². The molecule has 1 aromatic heterocycles. The van der Waals surface area contributed by atoms with Gasteiger partial charge in [0.25, 0.3) is 0 Å². The minimum atomic E-state index is -0.631. The highest BCUT2D eigenvalue weighted by atomic mass is 32.1.